The van der Waals surface area contributed by atoms with E-state index in [4.69, 9.17) is 9.92 Å². The first-order valence-corrected chi connectivity index (χ1v) is 7.61. The van der Waals surface area contributed by atoms with Gasteiger partial charge in [-0.2, -0.15) is 8.42 Å². The van der Waals surface area contributed by atoms with Gasteiger partial charge in [-0.05, 0) is 6.07 Å². The molecule has 1 heterocycles. The largest absolute Gasteiger partial charge is 0.320 e. The lowest BCUT2D eigenvalue weighted by molar-refractivity contribution is -0.119. The lowest BCUT2D eigenvalue weighted by Gasteiger charge is -2.19. The summed E-state index contributed by atoms with van der Waals surface area (Å²) in [5, 5.41) is 0. The number of hydrogen-bond acceptors (Lipinski definition) is 5. The van der Waals surface area contributed by atoms with Gasteiger partial charge in [0.15, 0.2) is 0 Å². The molecule has 1 aromatic rings. The molecule has 2 unspecified atom stereocenters. The zero-order valence-corrected chi connectivity index (χ0v) is 11.6. The summed E-state index contributed by atoms with van der Waals surface area (Å²) in [7, 11) is -2.01. The number of rotatable bonds is 2. The number of likely N-dealkylation sites (N-methyl/N-ethyl adjacent to an activating group) is 1. The summed E-state index contributed by atoms with van der Waals surface area (Å²) in [5.74, 6) is -0.257. The molecule has 1 aliphatic rings. The van der Waals surface area contributed by atoms with Crippen LogP contribution in [0.25, 0.3) is 0 Å². The minimum atomic E-state index is -3.63. The molecule has 0 bridgehead atoms. The Morgan fingerprint density at radius 1 is 1.37 bits per heavy atom. The van der Waals surface area contributed by atoms with Gasteiger partial charge in [-0.3, -0.25) is 8.98 Å². The van der Waals surface area contributed by atoms with Crippen molar-refractivity contribution < 1.29 is 17.4 Å². The van der Waals surface area contributed by atoms with E-state index in [1.807, 2.05) is 0 Å². The monoisotopic (exact) mass is 284 g/mol. The van der Waals surface area contributed by atoms with Gasteiger partial charge in [-0.15, -0.1) is 0 Å². The molecule has 0 radical (unpaired) electrons. The summed E-state index contributed by atoms with van der Waals surface area (Å²) < 4.78 is 27.7. The van der Waals surface area contributed by atoms with Crippen LogP contribution in [0.1, 0.15) is 18.1 Å². The van der Waals surface area contributed by atoms with Crippen LogP contribution < -0.4 is 10.6 Å². The minimum absolute atomic E-state index is 0.132. The van der Waals surface area contributed by atoms with Crippen LogP contribution in [-0.4, -0.2) is 33.7 Å². The molecule has 6 nitrogen and oxygen atoms in total. The Morgan fingerprint density at radius 2 is 2.00 bits per heavy atom. The summed E-state index contributed by atoms with van der Waals surface area (Å²) in [6.45, 7) is 0. The lowest BCUT2D eigenvalue weighted by atomic mass is 10.0. The third-order valence-corrected chi connectivity index (χ3v) is 3.63. The molecule has 1 amide bonds. The second kappa shape index (κ2) is 4.92. The van der Waals surface area contributed by atoms with Crippen LogP contribution in [0, 0.1) is 0 Å². The average Bonchev–Trinajstić information content (AvgIpc) is 2.41. The second-order valence-corrected chi connectivity index (χ2v) is 6.19. The number of nitrogens with zero attached hydrogens (tertiary/aromatic N) is 1. The minimum Gasteiger partial charge on any atom is -0.320 e. The molecule has 0 aromatic heterocycles. The van der Waals surface area contributed by atoms with Crippen molar-refractivity contribution in [2.75, 3.05) is 18.2 Å². The Kier molecular flexibility index (Phi) is 3.62. The topological polar surface area (TPSA) is 89.7 Å². The van der Waals surface area contributed by atoms with Crippen molar-refractivity contribution in [1.82, 2.24) is 0 Å². The Bertz CT molecular complexity index is 600. The summed E-state index contributed by atoms with van der Waals surface area (Å²) in [6.07, 6.45) is 0.375. The predicted molar refractivity (Wildman–Crippen MR) is 71.1 cm³/mol. The molecular weight excluding hydrogens is 268 g/mol. The van der Waals surface area contributed by atoms with Crippen LogP contribution in [0.15, 0.2) is 24.3 Å². The number of carbonyl (C=O) groups excluding carboxylic acids is 1. The van der Waals surface area contributed by atoms with Crippen molar-refractivity contribution >= 4 is 21.7 Å². The third-order valence-electron chi connectivity index (χ3n) is 3.05. The van der Waals surface area contributed by atoms with Crippen molar-refractivity contribution in [3.05, 3.63) is 29.8 Å². The average molecular weight is 284 g/mol. The molecule has 7 heteroatoms. The Morgan fingerprint density at radius 3 is 2.63 bits per heavy atom. The normalized spacial score (nSPS) is 23.9. The first-order chi connectivity index (χ1) is 8.79. The first-order valence-electron chi connectivity index (χ1n) is 5.80. The van der Waals surface area contributed by atoms with Crippen molar-refractivity contribution in [3.8, 4) is 0 Å². The van der Waals surface area contributed by atoms with E-state index in [2.05, 4.69) is 0 Å². The van der Waals surface area contributed by atoms with Gasteiger partial charge in [0.25, 0.3) is 10.1 Å². The van der Waals surface area contributed by atoms with Crippen molar-refractivity contribution in [3.63, 3.8) is 0 Å². The van der Waals surface area contributed by atoms with E-state index in [1.165, 1.54) is 4.90 Å². The summed E-state index contributed by atoms with van der Waals surface area (Å²) in [5.41, 5.74) is 7.06. The van der Waals surface area contributed by atoms with E-state index in [-0.39, 0.29) is 12.3 Å². The number of fused-ring (bicyclic) bond motifs is 1. The molecule has 0 saturated carbocycles. The van der Waals surface area contributed by atoms with E-state index in [9.17, 15) is 13.2 Å². The number of amides is 1. The summed E-state index contributed by atoms with van der Waals surface area (Å²) >= 11 is 0. The van der Waals surface area contributed by atoms with E-state index in [0.717, 1.165) is 6.26 Å². The highest BCUT2D eigenvalue weighted by Crippen LogP contribution is 2.35. The predicted octanol–water partition coefficient (Wildman–Crippen LogP) is 0.398. The van der Waals surface area contributed by atoms with Gasteiger partial charge in [0, 0.05) is 24.7 Å². The highest BCUT2D eigenvalue weighted by Gasteiger charge is 2.33. The molecular formula is C12H16N2O4S. The van der Waals surface area contributed by atoms with Crippen LogP contribution in [-0.2, 0) is 19.1 Å². The zero-order chi connectivity index (χ0) is 14.2. The fourth-order valence-electron chi connectivity index (χ4n) is 2.19. The standard InChI is InChI=1S/C12H16N2O4S/c1-14-10-6-4-3-5-8(10)11(18-19(2,16)17)7-9(13)12(14)15/h3-6,9,11H,7,13H2,1-2H3. The second-order valence-electron chi connectivity index (χ2n) is 4.59. The molecule has 1 aromatic carbocycles. The van der Waals surface area contributed by atoms with Gasteiger partial charge in [0.2, 0.25) is 5.91 Å². The van der Waals surface area contributed by atoms with E-state index >= 15 is 0 Å². The van der Waals surface area contributed by atoms with Gasteiger partial charge in [0.05, 0.1) is 12.3 Å². The van der Waals surface area contributed by atoms with Gasteiger partial charge < -0.3 is 10.6 Å². The molecule has 0 spiro atoms. The molecule has 2 rings (SSSR count). The maximum Gasteiger partial charge on any atom is 0.264 e. The van der Waals surface area contributed by atoms with Crippen molar-refractivity contribution in [2.24, 2.45) is 5.73 Å². The third kappa shape index (κ3) is 2.94. The highest BCUT2D eigenvalue weighted by molar-refractivity contribution is 7.86. The van der Waals surface area contributed by atoms with Gasteiger partial charge in [-0.25, -0.2) is 0 Å². The maximum absolute atomic E-state index is 12.0. The fourth-order valence-corrected chi connectivity index (χ4v) is 2.80. The fraction of sp³-hybridized carbons (Fsp3) is 0.417. The van der Waals surface area contributed by atoms with Gasteiger partial charge in [0.1, 0.15) is 6.10 Å². The number of anilines is 1. The smallest absolute Gasteiger partial charge is 0.264 e. The highest BCUT2D eigenvalue weighted by atomic mass is 32.2. The molecule has 0 saturated heterocycles. The van der Waals surface area contributed by atoms with Crippen LogP contribution in [0.4, 0.5) is 5.69 Å². The molecule has 2 atom stereocenters. The van der Waals surface area contributed by atoms with Crippen molar-refractivity contribution in [1.29, 1.82) is 0 Å². The van der Waals surface area contributed by atoms with E-state index in [0.29, 0.717) is 11.3 Å². The molecule has 19 heavy (non-hydrogen) atoms. The maximum atomic E-state index is 12.0. The summed E-state index contributed by atoms with van der Waals surface area (Å²) in [6, 6.07) is 6.24. The molecule has 2 N–H and O–H groups in total. The number of hydrogen-bond donors (Lipinski definition) is 1. The Hall–Kier alpha value is -1.44. The molecule has 0 fully saturated rings. The molecule has 0 aliphatic carbocycles. The lowest BCUT2D eigenvalue weighted by Crippen LogP contribution is -2.41. The van der Waals surface area contributed by atoms with Gasteiger partial charge in [-0.1, -0.05) is 18.2 Å². The van der Waals surface area contributed by atoms with Crippen LogP contribution >= 0.6 is 0 Å². The summed E-state index contributed by atoms with van der Waals surface area (Å²) in [4.78, 5) is 13.5. The molecule has 104 valence electrons. The zero-order valence-electron chi connectivity index (χ0n) is 10.7. The quantitative estimate of drug-likeness (QED) is 0.794. The van der Waals surface area contributed by atoms with Crippen LogP contribution in [0.2, 0.25) is 0 Å². The number of carbonyl (C=O) groups is 1. The Labute approximate surface area is 112 Å². The van der Waals surface area contributed by atoms with Crippen LogP contribution in [0.5, 0.6) is 0 Å². The van der Waals surface area contributed by atoms with Crippen molar-refractivity contribution in [2.45, 2.75) is 18.6 Å². The van der Waals surface area contributed by atoms with Gasteiger partial charge >= 0.3 is 0 Å². The Balaban J connectivity index is 2.50. The van der Waals surface area contributed by atoms with Crippen LogP contribution in [0.3, 0.4) is 0 Å². The first kappa shape index (κ1) is 14.0. The molecule has 1 aliphatic heterocycles. The number of nitrogens with two attached hydrogens (primary N) is 1. The number of para-hydroxylation sites is 1. The SMILES string of the molecule is CN1C(=O)C(N)CC(OS(C)(=O)=O)c2ccccc21. The number of benzene rings is 1. The van der Waals surface area contributed by atoms with E-state index in [1.54, 1.807) is 31.3 Å². The van der Waals surface area contributed by atoms with E-state index < -0.39 is 22.3 Å².